The lowest BCUT2D eigenvalue weighted by Gasteiger charge is -2.47. The number of halogens is 1. The molecule has 2 fully saturated rings. The first-order chi connectivity index (χ1) is 15.5. The number of nitriles is 1. The minimum absolute atomic E-state index is 0.113. The van der Waals surface area contributed by atoms with Gasteiger partial charge in [0.15, 0.2) is 0 Å². The molecular formula is C25H27FN4O2. The van der Waals surface area contributed by atoms with Gasteiger partial charge in [-0.15, -0.1) is 0 Å². The average molecular weight is 435 g/mol. The number of hydrogen-bond donors (Lipinski definition) is 1. The molecule has 0 radical (unpaired) electrons. The average Bonchev–Trinajstić information content (AvgIpc) is 3.18. The number of nitrogens with one attached hydrogen (secondary N) is 1. The summed E-state index contributed by atoms with van der Waals surface area (Å²) in [5, 5.41) is 12.9. The summed E-state index contributed by atoms with van der Waals surface area (Å²) in [5.41, 5.74) is 4.84. The molecule has 0 unspecified atom stereocenters. The maximum Gasteiger partial charge on any atom is 0.338 e. The van der Waals surface area contributed by atoms with Gasteiger partial charge in [-0.2, -0.15) is 5.26 Å². The van der Waals surface area contributed by atoms with Crippen molar-refractivity contribution in [1.29, 1.82) is 5.26 Å². The molecule has 32 heavy (non-hydrogen) atoms. The van der Waals surface area contributed by atoms with Gasteiger partial charge >= 0.3 is 5.97 Å². The van der Waals surface area contributed by atoms with Gasteiger partial charge in [0.2, 0.25) is 0 Å². The zero-order chi connectivity index (χ0) is 22.2. The Morgan fingerprint density at radius 1 is 1.25 bits per heavy atom. The van der Waals surface area contributed by atoms with Crippen molar-refractivity contribution < 1.29 is 13.9 Å². The summed E-state index contributed by atoms with van der Waals surface area (Å²) in [5.74, 6) is -0.663. The van der Waals surface area contributed by atoms with E-state index in [-0.39, 0.29) is 17.6 Å². The van der Waals surface area contributed by atoms with Gasteiger partial charge < -0.3 is 15.0 Å². The van der Waals surface area contributed by atoms with Crippen LogP contribution >= 0.6 is 0 Å². The Kier molecular flexibility index (Phi) is 5.68. The normalized spacial score (nSPS) is 23.3. The molecule has 2 aromatic rings. The van der Waals surface area contributed by atoms with Crippen LogP contribution < -0.4 is 5.32 Å². The molecular weight excluding hydrogens is 407 g/mol. The van der Waals surface area contributed by atoms with Crippen molar-refractivity contribution in [1.82, 2.24) is 15.1 Å². The molecule has 0 amide bonds. The van der Waals surface area contributed by atoms with Crippen molar-refractivity contribution in [2.45, 2.75) is 32.0 Å². The molecule has 166 valence electrons. The van der Waals surface area contributed by atoms with Crippen LogP contribution in [0.4, 0.5) is 4.39 Å². The van der Waals surface area contributed by atoms with E-state index >= 15 is 0 Å². The van der Waals surface area contributed by atoms with Crippen LogP contribution in [0.3, 0.4) is 0 Å². The van der Waals surface area contributed by atoms with Gasteiger partial charge in [-0.3, -0.25) is 4.90 Å². The van der Waals surface area contributed by atoms with Gasteiger partial charge in [-0.25, -0.2) is 9.18 Å². The Morgan fingerprint density at radius 2 is 2.12 bits per heavy atom. The second kappa shape index (κ2) is 8.62. The minimum atomic E-state index is -0.446. The molecule has 3 aliphatic rings. The highest BCUT2D eigenvalue weighted by Gasteiger charge is 2.34. The van der Waals surface area contributed by atoms with E-state index in [1.165, 1.54) is 11.6 Å². The van der Waals surface area contributed by atoms with Gasteiger partial charge in [0.05, 0.1) is 11.1 Å². The van der Waals surface area contributed by atoms with Crippen LogP contribution in [0.15, 0.2) is 30.3 Å². The molecule has 3 heterocycles. The Labute approximate surface area is 187 Å². The van der Waals surface area contributed by atoms with Gasteiger partial charge in [0.25, 0.3) is 0 Å². The summed E-state index contributed by atoms with van der Waals surface area (Å²) in [6, 6.07) is 11.8. The number of cyclic esters (lactones) is 1. The SMILES string of the molecule is Cc1c([C@@H]2CN3CCN(CCc4ccc5c(c4)COC5=O)C[C@@H]3CN2)ccc(F)c1C#N. The minimum Gasteiger partial charge on any atom is -0.457 e. The predicted octanol–water partition coefficient (Wildman–Crippen LogP) is 2.55. The molecule has 1 N–H and O–H groups in total. The summed E-state index contributed by atoms with van der Waals surface area (Å²) in [7, 11) is 0. The third kappa shape index (κ3) is 3.90. The molecule has 0 spiro atoms. The Morgan fingerprint density at radius 3 is 2.97 bits per heavy atom. The van der Waals surface area contributed by atoms with Crippen molar-refractivity contribution in [3.8, 4) is 6.07 Å². The number of hydrogen-bond acceptors (Lipinski definition) is 6. The van der Waals surface area contributed by atoms with E-state index in [1.54, 1.807) is 0 Å². The van der Waals surface area contributed by atoms with E-state index < -0.39 is 5.82 Å². The van der Waals surface area contributed by atoms with Gasteiger partial charge in [0, 0.05) is 56.9 Å². The van der Waals surface area contributed by atoms with Crippen molar-refractivity contribution in [3.05, 3.63) is 69.5 Å². The molecule has 0 aliphatic carbocycles. The van der Waals surface area contributed by atoms with Crippen LogP contribution in [-0.4, -0.2) is 61.1 Å². The Bertz CT molecular complexity index is 1100. The van der Waals surface area contributed by atoms with Crippen LogP contribution in [0, 0.1) is 24.1 Å². The van der Waals surface area contributed by atoms with Crippen LogP contribution in [-0.2, 0) is 17.8 Å². The van der Waals surface area contributed by atoms with E-state index in [1.807, 2.05) is 31.2 Å². The summed E-state index contributed by atoms with van der Waals surface area (Å²) in [6.07, 6.45) is 0.954. The van der Waals surface area contributed by atoms with E-state index in [4.69, 9.17) is 4.74 Å². The molecule has 2 atom stereocenters. The zero-order valence-corrected chi connectivity index (χ0v) is 18.2. The molecule has 6 nitrogen and oxygen atoms in total. The number of benzene rings is 2. The highest BCUT2D eigenvalue weighted by Crippen LogP contribution is 2.28. The third-order valence-electron chi connectivity index (χ3n) is 7.11. The van der Waals surface area contributed by atoms with Crippen LogP contribution in [0.1, 0.15) is 44.2 Å². The lowest BCUT2D eigenvalue weighted by molar-refractivity contribution is 0.0426. The number of esters is 1. The molecule has 3 aliphatic heterocycles. The Hall–Kier alpha value is -2.79. The largest absolute Gasteiger partial charge is 0.457 e. The van der Waals surface area contributed by atoms with E-state index in [0.29, 0.717) is 18.2 Å². The summed E-state index contributed by atoms with van der Waals surface area (Å²) < 4.78 is 19.0. The lowest BCUT2D eigenvalue weighted by Crippen LogP contribution is -2.61. The highest BCUT2D eigenvalue weighted by atomic mass is 19.1. The standard InChI is InChI=1S/C25H27FN4O2/c1-16-20(4-5-23(26)22(16)11-27)24-14-30-9-8-29(13-19(30)12-28-24)7-6-17-2-3-21-18(10-17)15-32-25(21)31/h2-5,10,19,24,28H,6-9,12-15H2,1H3/t19-,24-/m0/s1. The fourth-order valence-electron chi connectivity index (χ4n) is 5.22. The highest BCUT2D eigenvalue weighted by molar-refractivity contribution is 5.93. The van der Waals surface area contributed by atoms with E-state index in [2.05, 4.69) is 21.2 Å². The van der Waals surface area contributed by atoms with Crippen molar-refractivity contribution in [2.75, 3.05) is 39.3 Å². The second-order valence-corrected chi connectivity index (χ2v) is 8.98. The maximum atomic E-state index is 13.9. The maximum absolute atomic E-state index is 13.9. The molecule has 2 saturated heterocycles. The van der Waals surface area contributed by atoms with E-state index in [0.717, 1.165) is 62.4 Å². The van der Waals surface area contributed by atoms with Crippen molar-refractivity contribution in [3.63, 3.8) is 0 Å². The number of rotatable bonds is 4. The first kappa shape index (κ1) is 21.1. The summed E-state index contributed by atoms with van der Waals surface area (Å²) in [4.78, 5) is 16.7. The van der Waals surface area contributed by atoms with Crippen molar-refractivity contribution >= 4 is 5.97 Å². The first-order valence-electron chi connectivity index (χ1n) is 11.2. The predicted molar refractivity (Wildman–Crippen MR) is 118 cm³/mol. The monoisotopic (exact) mass is 434 g/mol. The van der Waals surface area contributed by atoms with E-state index in [9.17, 15) is 14.4 Å². The number of ether oxygens (including phenoxy) is 1. The fraction of sp³-hybridized carbons (Fsp3) is 0.440. The number of carbonyl (C=O) groups excluding carboxylic acids is 1. The lowest BCUT2D eigenvalue weighted by atomic mass is 9.93. The fourth-order valence-corrected chi connectivity index (χ4v) is 5.22. The van der Waals surface area contributed by atoms with Gasteiger partial charge in [0.1, 0.15) is 18.5 Å². The third-order valence-corrected chi connectivity index (χ3v) is 7.11. The first-order valence-corrected chi connectivity index (χ1v) is 11.2. The molecule has 7 heteroatoms. The van der Waals surface area contributed by atoms with Crippen LogP contribution in [0.5, 0.6) is 0 Å². The zero-order valence-electron chi connectivity index (χ0n) is 18.2. The summed E-state index contributed by atoms with van der Waals surface area (Å²) in [6.45, 7) is 7.99. The Balaban J connectivity index is 1.18. The number of fused-ring (bicyclic) bond motifs is 2. The second-order valence-electron chi connectivity index (χ2n) is 8.98. The molecule has 0 saturated carbocycles. The van der Waals surface area contributed by atoms with Crippen LogP contribution in [0.25, 0.3) is 0 Å². The number of nitrogens with zero attached hydrogens (tertiary/aromatic N) is 3. The number of carbonyl (C=O) groups is 1. The molecule has 0 bridgehead atoms. The topological polar surface area (TPSA) is 68.6 Å². The van der Waals surface area contributed by atoms with Crippen molar-refractivity contribution in [2.24, 2.45) is 0 Å². The smallest absolute Gasteiger partial charge is 0.338 e. The van der Waals surface area contributed by atoms with Gasteiger partial charge in [-0.1, -0.05) is 18.2 Å². The molecule has 0 aromatic heterocycles. The van der Waals surface area contributed by atoms with Gasteiger partial charge in [-0.05, 0) is 42.2 Å². The summed E-state index contributed by atoms with van der Waals surface area (Å²) >= 11 is 0. The molecule has 5 rings (SSSR count). The van der Waals surface area contributed by atoms with Crippen LogP contribution in [0.2, 0.25) is 0 Å². The number of piperazine rings is 2. The quantitative estimate of drug-likeness (QED) is 0.746. The molecule has 2 aromatic carbocycles.